The molecule has 1 aliphatic carbocycles. The van der Waals surface area contributed by atoms with E-state index in [2.05, 4.69) is 15.5 Å². The number of halogens is 2. The Labute approximate surface area is 142 Å². The maximum Gasteiger partial charge on any atom is 0.233 e. The summed E-state index contributed by atoms with van der Waals surface area (Å²) in [4.78, 5) is 12.3. The van der Waals surface area contributed by atoms with E-state index in [4.69, 9.17) is 23.2 Å². The Balaban J connectivity index is 1.73. The van der Waals surface area contributed by atoms with Gasteiger partial charge in [0.2, 0.25) is 5.91 Å². The quantitative estimate of drug-likeness (QED) is 0.848. The van der Waals surface area contributed by atoms with E-state index in [1.807, 2.05) is 6.92 Å². The van der Waals surface area contributed by atoms with Gasteiger partial charge in [-0.15, -0.1) is 10.2 Å². The van der Waals surface area contributed by atoms with Gasteiger partial charge in [-0.1, -0.05) is 47.8 Å². The molecule has 1 fully saturated rings. The number of hydrogen-bond acceptors (Lipinski definition) is 4. The Kier molecular flexibility index (Phi) is 4.80. The molecule has 5 nitrogen and oxygen atoms in total. The molecule has 1 unspecified atom stereocenters. The van der Waals surface area contributed by atoms with Gasteiger partial charge in [0.25, 0.3) is 0 Å². The first-order valence-electron chi connectivity index (χ1n) is 7.21. The highest BCUT2D eigenvalue weighted by Crippen LogP contribution is 2.28. The number of carbonyl (C=O) groups is 1. The predicted octanol–water partition coefficient (Wildman–Crippen LogP) is 3.58. The second-order valence-corrected chi connectivity index (χ2v) is 7.58. The molecular weight excluding hydrogens is 343 g/mol. The molecule has 1 saturated carbocycles. The number of fused-ring (bicyclic) bond motifs is 1. The first kappa shape index (κ1) is 15.9. The van der Waals surface area contributed by atoms with Crippen molar-refractivity contribution in [3.8, 4) is 0 Å². The monoisotopic (exact) mass is 358 g/mol. The molecule has 1 aliphatic rings. The Morgan fingerprint density at radius 3 is 2.86 bits per heavy atom. The predicted molar refractivity (Wildman–Crippen MR) is 88.7 cm³/mol. The van der Waals surface area contributed by atoms with Gasteiger partial charge in [0, 0.05) is 12.2 Å². The summed E-state index contributed by atoms with van der Waals surface area (Å²) in [6.07, 6.45) is 6.23. The lowest BCUT2D eigenvalue weighted by Crippen LogP contribution is -2.37. The van der Waals surface area contributed by atoms with Crippen molar-refractivity contribution in [3.05, 3.63) is 22.3 Å². The summed E-state index contributed by atoms with van der Waals surface area (Å²) >= 11 is 13.5. The Morgan fingerprint density at radius 2 is 2.14 bits per heavy atom. The van der Waals surface area contributed by atoms with E-state index < -0.39 is 0 Å². The van der Waals surface area contributed by atoms with Crippen LogP contribution in [0, 0.1) is 0 Å². The second-order valence-electron chi connectivity index (χ2n) is 5.43. The molecule has 0 aromatic carbocycles. The van der Waals surface area contributed by atoms with Crippen molar-refractivity contribution in [2.24, 2.45) is 0 Å². The number of nitrogens with zero attached hydrogens (tertiary/aromatic N) is 3. The molecule has 0 saturated heterocycles. The standard InChI is InChI=1S/C14H16Cl2N4OS/c1-8(13(21)17-10-4-2-3-5-10)22-14-19-18-12-11(16)6-9(15)7-20(12)14/h6-8,10H,2-5H2,1H3,(H,17,21). The van der Waals surface area contributed by atoms with Gasteiger partial charge in [-0.25, -0.2) is 0 Å². The lowest BCUT2D eigenvalue weighted by Gasteiger charge is -2.15. The minimum absolute atomic E-state index is 0.0294. The number of carbonyl (C=O) groups excluding carboxylic acids is 1. The van der Waals surface area contributed by atoms with Crippen molar-refractivity contribution in [1.82, 2.24) is 19.9 Å². The number of pyridine rings is 1. The van der Waals surface area contributed by atoms with E-state index >= 15 is 0 Å². The summed E-state index contributed by atoms with van der Waals surface area (Å²) in [5.74, 6) is 0.0294. The summed E-state index contributed by atoms with van der Waals surface area (Å²) in [6.45, 7) is 1.86. The van der Waals surface area contributed by atoms with E-state index in [1.165, 1.54) is 24.6 Å². The zero-order valence-corrected chi connectivity index (χ0v) is 14.4. The topological polar surface area (TPSA) is 59.3 Å². The van der Waals surface area contributed by atoms with Crippen LogP contribution in [0.1, 0.15) is 32.6 Å². The van der Waals surface area contributed by atoms with Crippen LogP contribution in [0.2, 0.25) is 10.0 Å². The fourth-order valence-corrected chi connectivity index (χ4v) is 3.92. The van der Waals surface area contributed by atoms with Gasteiger partial charge in [0.1, 0.15) is 0 Å². The SMILES string of the molecule is CC(Sc1nnc2c(Cl)cc(Cl)cn12)C(=O)NC1CCCC1. The van der Waals surface area contributed by atoms with Gasteiger partial charge in [0.05, 0.1) is 15.3 Å². The summed E-state index contributed by atoms with van der Waals surface area (Å²) in [5, 5.41) is 12.5. The third-order valence-corrected chi connectivity index (χ3v) is 5.29. The van der Waals surface area contributed by atoms with Crippen molar-refractivity contribution in [2.75, 3.05) is 0 Å². The van der Waals surface area contributed by atoms with Crippen molar-refractivity contribution in [1.29, 1.82) is 0 Å². The van der Waals surface area contributed by atoms with Crippen molar-refractivity contribution in [3.63, 3.8) is 0 Å². The van der Waals surface area contributed by atoms with Gasteiger partial charge < -0.3 is 5.32 Å². The summed E-state index contributed by atoms with van der Waals surface area (Å²) in [5.41, 5.74) is 0.539. The Bertz CT molecular complexity index is 699. The maximum absolute atomic E-state index is 12.3. The van der Waals surface area contributed by atoms with E-state index in [0.717, 1.165) is 12.8 Å². The largest absolute Gasteiger partial charge is 0.352 e. The lowest BCUT2D eigenvalue weighted by molar-refractivity contribution is -0.120. The average Bonchev–Trinajstić information content (AvgIpc) is 3.09. The van der Waals surface area contributed by atoms with Crippen molar-refractivity contribution in [2.45, 2.75) is 49.1 Å². The van der Waals surface area contributed by atoms with Crippen molar-refractivity contribution >= 4 is 46.5 Å². The first-order chi connectivity index (χ1) is 10.5. The van der Waals surface area contributed by atoms with Crippen LogP contribution in [0.5, 0.6) is 0 Å². The van der Waals surface area contributed by atoms with E-state index in [-0.39, 0.29) is 11.2 Å². The van der Waals surface area contributed by atoms with Crippen LogP contribution in [-0.4, -0.2) is 31.8 Å². The normalized spacial score (nSPS) is 17.0. The molecule has 22 heavy (non-hydrogen) atoms. The zero-order valence-electron chi connectivity index (χ0n) is 12.1. The van der Waals surface area contributed by atoms with Crippen molar-refractivity contribution < 1.29 is 4.79 Å². The van der Waals surface area contributed by atoms with Crippen LogP contribution in [0.15, 0.2) is 17.4 Å². The smallest absolute Gasteiger partial charge is 0.233 e. The van der Waals surface area contributed by atoms with Crippen LogP contribution in [0.4, 0.5) is 0 Å². The van der Waals surface area contributed by atoms with Gasteiger partial charge in [-0.05, 0) is 25.8 Å². The molecule has 118 valence electrons. The Morgan fingerprint density at radius 1 is 1.41 bits per heavy atom. The fourth-order valence-electron chi connectivity index (χ4n) is 2.58. The molecule has 0 bridgehead atoms. The highest BCUT2D eigenvalue weighted by molar-refractivity contribution is 8.00. The minimum Gasteiger partial charge on any atom is -0.352 e. The summed E-state index contributed by atoms with van der Waals surface area (Å²) in [7, 11) is 0. The molecular formula is C14H16Cl2N4OS. The summed E-state index contributed by atoms with van der Waals surface area (Å²) in [6, 6.07) is 1.94. The number of amides is 1. The lowest BCUT2D eigenvalue weighted by atomic mass is 10.2. The van der Waals surface area contributed by atoms with E-state index in [1.54, 1.807) is 16.7 Å². The molecule has 3 rings (SSSR count). The molecule has 2 heterocycles. The van der Waals surface area contributed by atoms with Crippen LogP contribution in [-0.2, 0) is 4.79 Å². The number of nitrogens with one attached hydrogen (secondary N) is 1. The van der Waals surface area contributed by atoms with Crippen LogP contribution in [0.25, 0.3) is 5.65 Å². The highest BCUT2D eigenvalue weighted by atomic mass is 35.5. The minimum atomic E-state index is -0.259. The first-order valence-corrected chi connectivity index (χ1v) is 8.85. The van der Waals surface area contributed by atoms with Gasteiger partial charge in [-0.3, -0.25) is 9.20 Å². The van der Waals surface area contributed by atoms with Crippen LogP contribution in [0.3, 0.4) is 0 Å². The third kappa shape index (κ3) is 3.34. The number of aromatic nitrogens is 3. The second kappa shape index (κ2) is 6.64. The molecule has 2 aromatic heterocycles. The fraction of sp³-hybridized carbons (Fsp3) is 0.500. The van der Waals surface area contributed by atoms with E-state index in [0.29, 0.717) is 26.9 Å². The van der Waals surface area contributed by atoms with E-state index in [9.17, 15) is 4.79 Å². The van der Waals surface area contributed by atoms with Gasteiger partial charge in [0.15, 0.2) is 10.8 Å². The van der Waals surface area contributed by atoms with Crippen LogP contribution < -0.4 is 5.32 Å². The molecule has 1 N–H and O–H groups in total. The highest BCUT2D eigenvalue weighted by Gasteiger charge is 2.23. The molecule has 2 aromatic rings. The number of rotatable bonds is 4. The average molecular weight is 359 g/mol. The number of hydrogen-bond donors (Lipinski definition) is 1. The molecule has 1 amide bonds. The van der Waals surface area contributed by atoms with Gasteiger partial charge >= 0.3 is 0 Å². The number of thioether (sulfide) groups is 1. The molecule has 0 spiro atoms. The third-order valence-electron chi connectivity index (χ3n) is 3.75. The Hall–Kier alpha value is -0.980. The molecule has 8 heteroatoms. The summed E-state index contributed by atoms with van der Waals surface area (Å²) < 4.78 is 1.72. The molecule has 1 atom stereocenters. The maximum atomic E-state index is 12.3. The molecule has 0 radical (unpaired) electrons. The van der Waals surface area contributed by atoms with Crippen LogP contribution >= 0.6 is 35.0 Å². The zero-order chi connectivity index (χ0) is 15.7. The molecule has 0 aliphatic heterocycles. The van der Waals surface area contributed by atoms with Gasteiger partial charge in [-0.2, -0.15) is 0 Å².